The van der Waals surface area contributed by atoms with Crippen LogP contribution in [0.5, 0.6) is 5.75 Å². The minimum Gasteiger partial charge on any atom is -0.493 e. The molecule has 0 radical (unpaired) electrons. The lowest BCUT2D eigenvalue weighted by Gasteiger charge is -2.43. The van der Waals surface area contributed by atoms with Crippen molar-refractivity contribution in [3.8, 4) is 5.75 Å². The first kappa shape index (κ1) is 22.8. The number of carbonyl (C=O) groups excluding carboxylic acids is 2. The molecule has 1 aromatic carbocycles. The van der Waals surface area contributed by atoms with Gasteiger partial charge < -0.3 is 24.0 Å². The number of rotatable bonds is 8. The Balaban J connectivity index is 1.72. The number of amides is 2. The van der Waals surface area contributed by atoms with Crippen LogP contribution >= 0.6 is 11.6 Å². The quantitative estimate of drug-likeness (QED) is 0.624. The highest BCUT2D eigenvalue weighted by atomic mass is 35.5. The van der Waals surface area contributed by atoms with E-state index in [0.29, 0.717) is 69.8 Å². The van der Waals surface area contributed by atoms with Gasteiger partial charge in [-0.25, -0.2) is 0 Å². The summed E-state index contributed by atoms with van der Waals surface area (Å²) in [5, 5.41) is 0.600. The number of hydrogen-bond donors (Lipinski definition) is 0. The molecule has 2 saturated heterocycles. The maximum absolute atomic E-state index is 13.1. The molecule has 7 nitrogen and oxygen atoms in total. The standard InChI is InChI=1S/C22H31ClN2O5/c1-2-28-15-21(27)25-8-4-7-22(16-25,14-20(26)24-9-11-29-12-10-24)17-30-19-6-3-5-18(23)13-19/h3,5-6,13H,2,4,7-12,14-17H2,1H3/t22-/m0/s1. The highest BCUT2D eigenvalue weighted by Crippen LogP contribution is 2.35. The Hall–Kier alpha value is -1.83. The molecule has 2 aliphatic rings. The molecule has 0 unspecified atom stereocenters. The monoisotopic (exact) mass is 438 g/mol. The second-order valence-electron chi connectivity index (χ2n) is 7.97. The van der Waals surface area contributed by atoms with Gasteiger partial charge in [0.2, 0.25) is 11.8 Å². The van der Waals surface area contributed by atoms with Gasteiger partial charge in [-0.3, -0.25) is 9.59 Å². The lowest BCUT2D eigenvalue weighted by Crippen LogP contribution is -2.52. The maximum atomic E-state index is 13.1. The van der Waals surface area contributed by atoms with Crippen molar-refractivity contribution in [3.63, 3.8) is 0 Å². The molecule has 166 valence electrons. The summed E-state index contributed by atoms with van der Waals surface area (Å²) in [5.41, 5.74) is -0.447. The molecule has 0 aromatic heterocycles. The Bertz CT molecular complexity index is 725. The number of hydrogen-bond acceptors (Lipinski definition) is 5. The molecule has 2 aliphatic heterocycles. The second kappa shape index (κ2) is 11.0. The molecule has 2 amide bonds. The summed E-state index contributed by atoms with van der Waals surface area (Å²) in [4.78, 5) is 29.3. The summed E-state index contributed by atoms with van der Waals surface area (Å²) >= 11 is 6.08. The van der Waals surface area contributed by atoms with E-state index in [2.05, 4.69) is 0 Å². The third-order valence-electron chi connectivity index (χ3n) is 5.67. The van der Waals surface area contributed by atoms with E-state index in [1.807, 2.05) is 28.9 Å². The van der Waals surface area contributed by atoms with Gasteiger partial charge in [0.25, 0.3) is 0 Å². The molecule has 1 atom stereocenters. The number of halogens is 1. The van der Waals surface area contributed by atoms with Crippen LogP contribution in [0.25, 0.3) is 0 Å². The molecule has 2 fully saturated rings. The zero-order valence-electron chi connectivity index (χ0n) is 17.6. The van der Waals surface area contributed by atoms with Crippen LogP contribution in [0.2, 0.25) is 5.02 Å². The van der Waals surface area contributed by atoms with Crippen molar-refractivity contribution in [1.29, 1.82) is 0 Å². The van der Waals surface area contributed by atoms with Gasteiger partial charge in [-0.1, -0.05) is 17.7 Å². The van der Waals surface area contributed by atoms with Gasteiger partial charge in [0.15, 0.2) is 0 Å². The molecule has 0 aliphatic carbocycles. The van der Waals surface area contributed by atoms with Gasteiger partial charge in [0.1, 0.15) is 12.4 Å². The minimum atomic E-state index is -0.447. The summed E-state index contributed by atoms with van der Waals surface area (Å²) in [6.45, 7) is 6.29. The minimum absolute atomic E-state index is 0.0393. The van der Waals surface area contributed by atoms with Crippen molar-refractivity contribution in [3.05, 3.63) is 29.3 Å². The third-order valence-corrected chi connectivity index (χ3v) is 5.91. The van der Waals surface area contributed by atoms with E-state index in [-0.39, 0.29) is 18.4 Å². The molecule has 3 rings (SSSR count). The van der Waals surface area contributed by atoms with Crippen LogP contribution in [0.4, 0.5) is 0 Å². The summed E-state index contributed by atoms with van der Waals surface area (Å²) in [6, 6.07) is 7.24. The smallest absolute Gasteiger partial charge is 0.248 e. The summed E-state index contributed by atoms with van der Waals surface area (Å²) < 4.78 is 16.8. The van der Waals surface area contributed by atoms with Crippen LogP contribution in [0.15, 0.2) is 24.3 Å². The number of piperidine rings is 1. The molecular weight excluding hydrogens is 408 g/mol. The van der Waals surface area contributed by atoms with Gasteiger partial charge in [0.05, 0.1) is 19.8 Å². The van der Waals surface area contributed by atoms with Gasteiger partial charge in [-0.15, -0.1) is 0 Å². The van der Waals surface area contributed by atoms with Gasteiger partial charge in [-0.2, -0.15) is 0 Å². The SMILES string of the molecule is CCOCC(=O)N1CCC[C@](COc2cccc(Cl)c2)(CC(=O)N2CCOCC2)C1. The number of benzene rings is 1. The van der Waals surface area contributed by atoms with Crippen molar-refractivity contribution >= 4 is 23.4 Å². The van der Waals surface area contributed by atoms with Crippen molar-refractivity contribution in [2.75, 3.05) is 59.2 Å². The van der Waals surface area contributed by atoms with E-state index in [9.17, 15) is 9.59 Å². The first-order valence-electron chi connectivity index (χ1n) is 10.6. The Morgan fingerprint density at radius 1 is 1.17 bits per heavy atom. The van der Waals surface area contributed by atoms with Gasteiger partial charge in [-0.05, 0) is 38.0 Å². The van der Waals surface area contributed by atoms with E-state index in [1.165, 1.54) is 0 Å². The van der Waals surface area contributed by atoms with Crippen LogP contribution in [0.3, 0.4) is 0 Å². The number of carbonyl (C=O) groups is 2. The summed E-state index contributed by atoms with van der Waals surface area (Å²) in [5.74, 6) is 0.716. The molecule has 0 bridgehead atoms. The highest BCUT2D eigenvalue weighted by molar-refractivity contribution is 6.30. The van der Waals surface area contributed by atoms with E-state index < -0.39 is 5.41 Å². The largest absolute Gasteiger partial charge is 0.493 e. The first-order chi connectivity index (χ1) is 14.5. The van der Waals surface area contributed by atoms with Crippen molar-refractivity contribution < 1.29 is 23.8 Å². The van der Waals surface area contributed by atoms with Crippen molar-refractivity contribution in [2.24, 2.45) is 5.41 Å². The van der Waals surface area contributed by atoms with Crippen molar-refractivity contribution in [1.82, 2.24) is 9.80 Å². The zero-order chi connectivity index (χ0) is 21.4. The summed E-state index contributed by atoms with van der Waals surface area (Å²) in [6.07, 6.45) is 1.99. The average molecular weight is 439 g/mol. The second-order valence-corrected chi connectivity index (χ2v) is 8.41. The number of nitrogens with zero attached hydrogens (tertiary/aromatic N) is 2. The molecule has 30 heavy (non-hydrogen) atoms. The van der Waals surface area contributed by atoms with Gasteiger partial charge in [0, 0.05) is 49.6 Å². The fourth-order valence-electron chi connectivity index (χ4n) is 4.05. The average Bonchev–Trinajstić information content (AvgIpc) is 2.77. The zero-order valence-corrected chi connectivity index (χ0v) is 18.4. The molecule has 0 saturated carbocycles. The first-order valence-corrected chi connectivity index (χ1v) is 11.0. The van der Waals surface area contributed by atoms with Crippen LogP contribution in [0.1, 0.15) is 26.2 Å². The Morgan fingerprint density at radius 2 is 1.97 bits per heavy atom. The fourth-order valence-corrected chi connectivity index (χ4v) is 4.23. The molecule has 8 heteroatoms. The molecule has 1 aromatic rings. The van der Waals surface area contributed by atoms with Gasteiger partial charge >= 0.3 is 0 Å². The highest BCUT2D eigenvalue weighted by Gasteiger charge is 2.41. The van der Waals surface area contributed by atoms with Crippen molar-refractivity contribution in [2.45, 2.75) is 26.2 Å². The Kier molecular flexibility index (Phi) is 8.36. The fraction of sp³-hybridized carbons (Fsp3) is 0.636. The van der Waals surface area contributed by atoms with E-state index >= 15 is 0 Å². The predicted molar refractivity (Wildman–Crippen MR) is 114 cm³/mol. The normalized spacial score (nSPS) is 22.1. The molecular formula is C22H31ClN2O5. The molecule has 0 spiro atoms. The predicted octanol–water partition coefficient (Wildman–Crippen LogP) is 2.61. The van der Waals surface area contributed by atoms with Crippen LogP contribution < -0.4 is 4.74 Å². The number of likely N-dealkylation sites (tertiary alicyclic amines) is 1. The molecule has 2 heterocycles. The number of morpholine rings is 1. The Labute approximate surface area is 183 Å². The molecule has 0 N–H and O–H groups in total. The number of ether oxygens (including phenoxy) is 3. The lowest BCUT2D eigenvalue weighted by atomic mass is 9.77. The van der Waals surface area contributed by atoms with E-state index in [1.54, 1.807) is 12.1 Å². The van der Waals surface area contributed by atoms with E-state index in [4.69, 9.17) is 25.8 Å². The van der Waals surface area contributed by atoms with Crippen LogP contribution in [-0.4, -0.2) is 80.8 Å². The lowest BCUT2D eigenvalue weighted by molar-refractivity contribution is -0.146. The third kappa shape index (κ3) is 6.33. The van der Waals surface area contributed by atoms with E-state index in [0.717, 1.165) is 12.8 Å². The van der Waals surface area contributed by atoms with Crippen LogP contribution in [-0.2, 0) is 19.1 Å². The summed E-state index contributed by atoms with van der Waals surface area (Å²) in [7, 11) is 0. The van der Waals surface area contributed by atoms with Crippen LogP contribution in [0, 0.1) is 5.41 Å². The topological polar surface area (TPSA) is 68.3 Å². The maximum Gasteiger partial charge on any atom is 0.248 e. The Morgan fingerprint density at radius 3 is 2.70 bits per heavy atom.